The first-order valence-corrected chi connectivity index (χ1v) is 3.90. The molecule has 0 heterocycles. The van der Waals surface area contributed by atoms with Crippen molar-refractivity contribution >= 4 is 5.97 Å². The van der Waals surface area contributed by atoms with Gasteiger partial charge in [0, 0.05) is 0 Å². The molecule has 1 aliphatic carbocycles. The van der Waals surface area contributed by atoms with Gasteiger partial charge in [0.1, 0.15) is 6.04 Å². The van der Waals surface area contributed by atoms with E-state index in [1.807, 2.05) is 0 Å². The van der Waals surface area contributed by atoms with Crippen molar-refractivity contribution in [1.29, 1.82) is 0 Å². The van der Waals surface area contributed by atoms with Crippen LogP contribution >= 0.6 is 0 Å². The van der Waals surface area contributed by atoms with Crippen LogP contribution in [0.15, 0.2) is 0 Å². The normalized spacial score (nSPS) is 22.1. The van der Waals surface area contributed by atoms with Gasteiger partial charge in [-0.3, -0.25) is 4.79 Å². The van der Waals surface area contributed by atoms with Crippen LogP contribution in [0.1, 0.15) is 12.8 Å². The van der Waals surface area contributed by atoms with Gasteiger partial charge in [-0.2, -0.15) is 8.78 Å². The number of alkyl halides is 4. The van der Waals surface area contributed by atoms with Gasteiger partial charge < -0.3 is 10.8 Å². The molecule has 0 radical (unpaired) electrons. The summed E-state index contributed by atoms with van der Waals surface area (Å²) in [6, 6.07) is -1.94. The summed E-state index contributed by atoms with van der Waals surface area (Å²) in [5, 5.41) is 8.40. The van der Waals surface area contributed by atoms with Gasteiger partial charge in [-0.15, -0.1) is 0 Å². The van der Waals surface area contributed by atoms with E-state index in [0.29, 0.717) is 0 Å². The molecule has 1 fully saturated rings. The van der Waals surface area contributed by atoms with E-state index in [4.69, 9.17) is 10.8 Å². The summed E-state index contributed by atoms with van der Waals surface area (Å²) in [5.41, 5.74) is 2.71. The van der Waals surface area contributed by atoms with Crippen LogP contribution in [0.4, 0.5) is 17.6 Å². The second-order valence-electron chi connectivity index (χ2n) is 3.40. The summed E-state index contributed by atoms with van der Waals surface area (Å²) in [4.78, 5) is 10.4. The number of carboxylic acid groups (broad SMARTS) is 1. The molecule has 82 valence electrons. The molecule has 0 bridgehead atoms. The molecule has 3 N–H and O–H groups in total. The highest BCUT2D eigenvalue weighted by Crippen LogP contribution is 2.60. The molecule has 1 aliphatic rings. The van der Waals surface area contributed by atoms with Gasteiger partial charge in [-0.05, 0) is 12.8 Å². The number of nitrogens with two attached hydrogens (primary N) is 1. The molecule has 7 heteroatoms. The van der Waals surface area contributed by atoms with Crippen molar-refractivity contribution in [2.24, 2.45) is 11.1 Å². The summed E-state index contributed by atoms with van der Waals surface area (Å²) in [7, 11) is 0. The third kappa shape index (κ3) is 1.35. The van der Waals surface area contributed by atoms with Crippen LogP contribution in [-0.2, 0) is 4.79 Å². The standard InChI is InChI=1S/C7H9F4NO2/c8-5(9)7(10,11)6(1-2-6)3(12)4(13)14/h3,5H,1-2,12H2,(H,13,14). The highest BCUT2D eigenvalue weighted by atomic mass is 19.3. The monoisotopic (exact) mass is 215 g/mol. The Kier molecular flexibility index (Phi) is 2.47. The highest BCUT2D eigenvalue weighted by molar-refractivity contribution is 5.75. The van der Waals surface area contributed by atoms with Crippen molar-refractivity contribution in [3.63, 3.8) is 0 Å². The molecule has 0 amide bonds. The lowest BCUT2D eigenvalue weighted by Crippen LogP contribution is -2.52. The summed E-state index contributed by atoms with van der Waals surface area (Å²) in [6.45, 7) is 0. The number of hydrogen-bond acceptors (Lipinski definition) is 2. The molecule has 3 nitrogen and oxygen atoms in total. The lowest BCUT2D eigenvalue weighted by atomic mass is 9.89. The van der Waals surface area contributed by atoms with E-state index in [-0.39, 0.29) is 12.8 Å². The summed E-state index contributed by atoms with van der Waals surface area (Å²) < 4.78 is 49.8. The van der Waals surface area contributed by atoms with E-state index in [2.05, 4.69) is 0 Å². The first kappa shape index (κ1) is 11.2. The molecule has 0 saturated heterocycles. The fourth-order valence-corrected chi connectivity index (χ4v) is 1.44. The third-order valence-corrected chi connectivity index (χ3v) is 2.59. The van der Waals surface area contributed by atoms with Gasteiger partial charge in [-0.25, -0.2) is 8.78 Å². The van der Waals surface area contributed by atoms with Crippen molar-refractivity contribution in [3.05, 3.63) is 0 Å². The van der Waals surface area contributed by atoms with Gasteiger partial charge in [-0.1, -0.05) is 0 Å². The van der Waals surface area contributed by atoms with Gasteiger partial charge in [0.15, 0.2) is 0 Å². The summed E-state index contributed by atoms with van der Waals surface area (Å²) >= 11 is 0. The Balaban J connectivity index is 2.91. The Bertz CT molecular complexity index is 252. The lowest BCUT2D eigenvalue weighted by molar-refractivity contribution is -0.187. The minimum Gasteiger partial charge on any atom is -0.480 e. The largest absolute Gasteiger partial charge is 0.480 e. The minimum absolute atomic E-state index is 0.280. The van der Waals surface area contributed by atoms with Crippen LogP contribution in [0.5, 0.6) is 0 Å². The second-order valence-corrected chi connectivity index (χ2v) is 3.40. The fraction of sp³-hybridized carbons (Fsp3) is 0.857. The van der Waals surface area contributed by atoms with E-state index in [0.717, 1.165) is 0 Å². The maximum Gasteiger partial charge on any atom is 0.321 e. The average molecular weight is 215 g/mol. The van der Waals surface area contributed by atoms with Crippen LogP contribution in [-0.4, -0.2) is 29.5 Å². The van der Waals surface area contributed by atoms with Gasteiger partial charge in [0.05, 0.1) is 5.41 Å². The Morgan fingerprint density at radius 2 is 1.86 bits per heavy atom. The average Bonchev–Trinajstić information content (AvgIpc) is 2.82. The molecule has 0 aromatic heterocycles. The SMILES string of the molecule is NC(C(=O)O)C1(C(F)(F)C(F)F)CC1. The number of halogens is 4. The van der Waals surface area contributed by atoms with Gasteiger partial charge >= 0.3 is 18.3 Å². The fourth-order valence-electron chi connectivity index (χ4n) is 1.44. The zero-order chi connectivity index (χ0) is 11.1. The molecule has 1 atom stereocenters. The van der Waals surface area contributed by atoms with Crippen LogP contribution in [0.2, 0.25) is 0 Å². The zero-order valence-electron chi connectivity index (χ0n) is 7.01. The van der Waals surface area contributed by atoms with E-state index < -0.39 is 29.8 Å². The van der Waals surface area contributed by atoms with E-state index in [1.165, 1.54) is 0 Å². The number of aliphatic carboxylic acids is 1. The molecule has 14 heavy (non-hydrogen) atoms. The molecule has 1 unspecified atom stereocenters. The van der Waals surface area contributed by atoms with Crippen molar-refractivity contribution in [1.82, 2.24) is 0 Å². The quantitative estimate of drug-likeness (QED) is 0.689. The Morgan fingerprint density at radius 3 is 2.07 bits per heavy atom. The van der Waals surface area contributed by atoms with Gasteiger partial charge in [0.25, 0.3) is 0 Å². The Morgan fingerprint density at radius 1 is 1.43 bits per heavy atom. The molecular weight excluding hydrogens is 206 g/mol. The summed E-state index contributed by atoms with van der Waals surface area (Å²) in [6.07, 6.45) is -4.44. The number of hydrogen-bond donors (Lipinski definition) is 2. The van der Waals surface area contributed by atoms with Gasteiger partial charge in [0.2, 0.25) is 0 Å². The van der Waals surface area contributed by atoms with E-state index in [1.54, 1.807) is 0 Å². The van der Waals surface area contributed by atoms with Crippen LogP contribution in [0.3, 0.4) is 0 Å². The minimum atomic E-state index is -4.33. The van der Waals surface area contributed by atoms with Crippen LogP contribution in [0.25, 0.3) is 0 Å². The highest BCUT2D eigenvalue weighted by Gasteiger charge is 2.70. The van der Waals surface area contributed by atoms with Crippen molar-refractivity contribution in [2.75, 3.05) is 0 Å². The molecule has 0 aliphatic heterocycles. The first-order chi connectivity index (χ1) is 6.25. The third-order valence-electron chi connectivity index (χ3n) is 2.59. The smallest absolute Gasteiger partial charge is 0.321 e. The number of carbonyl (C=O) groups is 1. The topological polar surface area (TPSA) is 63.3 Å². The molecule has 0 spiro atoms. The molecule has 0 aromatic carbocycles. The molecule has 0 aromatic rings. The Labute approximate surface area is 76.9 Å². The lowest BCUT2D eigenvalue weighted by Gasteiger charge is -2.28. The van der Waals surface area contributed by atoms with E-state index >= 15 is 0 Å². The zero-order valence-corrected chi connectivity index (χ0v) is 7.01. The maximum absolute atomic E-state index is 12.9. The predicted octanol–water partition coefficient (Wildman–Crippen LogP) is 1.08. The van der Waals surface area contributed by atoms with E-state index in [9.17, 15) is 22.4 Å². The maximum atomic E-state index is 12.9. The number of carboxylic acids is 1. The Hall–Kier alpha value is -0.850. The van der Waals surface area contributed by atoms with Crippen molar-refractivity contribution in [3.8, 4) is 0 Å². The molecule has 1 rings (SSSR count). The predicted molar refractivity (Wildman–Crippen MR) is 38.2 cm³/mol. The number of rotatable bonds is 4. The molecule has 1 saturated carbocycles. The van der Waals surface area contributed by atoms with Crippen molar-refractivity contribution in [2.45, 2.75) is 31.2 Å². The van der Waals surface area contributed by atoms with Crippen LogP contribution in [0, 0.1) is 5.41 Å². The summed E-state index contributed by atoms with van der Waals surface area (Å²) in [5.74, 6) is -6.01. The molecular formula is C7H9F4NO2. The van der Waals surface area contributed by atoms with Crippen molar-refractivity contribution < 1.29 is 27.5 Å². The van der Waals surface area contributed by atoms with Crippen LogP contribution < -0.4 is 5.73 Å². The second kappa shape index (κ2) is 3.08. The first-order valence-electron chi connectivity index (χ1n) is 3.90.